The number of aryl methyl sites for hydroxylation is 1. The van der Waals surface area contributed by atoms with E-state index in [1.54, 1.807) is 0 Å². The molecule has 0 spiro atoms. The van der Waals surface area contributed by atoms with Crippen LogP contribution in [0.2, 0.25) is 5.02 Å². The van der Waals surface area contributed by atoms with Crippen molar-refractivity contribution in [2.75, 3.05) is 26.2 Å². The highest BCUT2D eigenvalue weighted by Gasteiger charge is 2.26. The summed E-state index contributed by atoms with van der Waals surface area (Å²) in [6.45, 7) is 10.4. The predicted octanol–water partition coefficient (Wildman–Crippen LogP) is 4.19. The Hall–Kier alpha value is -0.190. The second-order valence-corrected chi connectivity index (χ2v) is 6.53. The lowest BCUT2D eigenvalue weighted by Gasteiger charge is -2.36. The summed E-state index contributed by atoms with van der Waals surface area (Å²) in [5.41, 5.74) is 1.84. The molecule has 128 valence electrons. The number of benzene rings is 1. The largest absolute Gasteiger partial charge is 0.507 e. The number of nitrogens with zero attached hydrogens (tertiary/aromatic N) is 1. The van der Waals surface area contributed by atoms with E-state index in [2.05, 4.69) is 24.1 Å². The molecule has 0 unspecified atom stereocenters. The van der Waals surface area contributed by atoms with E-state index in [1.807, 2.05) is 19.1 Å². The molecule has 22 heavy (non-hydrogen) atoms. The molecule has 1 aliphatic heterocycles. The van der Waals surface area contributed by atoms with Gasteiger partial charge in [0.1, 0.15) is 5.75 Å². The van der Waals surface area contributed by atoms with E-state index < -0.39 is 0 Å². The zero-order chi connectivity index (χ0) is 14.7. The van der Waals surface area contributed by atoms with Crippen molar-refractivity contribution in [3.63, 3.8) is 0 Å². The smallest absolute Gasteiger partial charge is 0.123 e. The van der Waals surface area contributed by atoms with E-state index in [9.17, 15) is 5.11 Å². The van der Waals surface area contributed by atoms with Crippen LogP contribution in [0, 0.1) is 12.8 Å². The Balaban J connectivity index is 0.00000220. The average Bonchev–Trinajstić information content (AvgIpc) is 2.41. The van der Waals surface area contributed by atoms with Gasteiger partial charge in [-0.1, -0.05) is 25.4 Å². The van der Waals surface area contributed by atoms with Crippen LogP contribution in [0.25, 0.3) is 0 Å². The van der Waals surface area contributed by atoms with Crippen LogP contribution in [0.1, 0.15) is 37.4 Å². The molecular weight excluding hydrogens is 343 g/mol. The number of piperazine rings is 1. The molecule has 1 saturated heterocycles. The number of aromatic hydroxyl groups is 1. The van der Waals surface area contributed by atoms with Crippen molar-refractivity contribution >= 4 is 36.4 Å². The Morgan fingerprint density at radius 3 is 2.36 bits per heavy atom. The highest BCUT2D eigenvalue weighted by atomic mass is 35.5. The van der Waals surface area contributed by atoms with Crippen LogP contribution in [-0.2, 0) is 0 Å². The van der Waals surface area contributed by atoms with Gasteiger partial charge in [-0.25, -0.2) is 0 Å². The fourth-order valence-corrected chi connectivity index (χ4v) is 3.21. The lowest BCUT2D eigenvalue weighted by atomic mass is 9.93. The maximum Gasteiger partial charge on any atom is 0.123 e. The molecule has 0 saturated carbocycles. The number of phenols is 1. The molecule has 1 atom stereocenters. The van der Waals surface area contributed by atoms with Crippen LogP contribution >= 0.6 is 36.4 Å². The first-order valence-electron chi connectivity index (χ1n) is 7.42. The molecule has 2 rings (SSSR count). The van der Waals surface area contributed by atoms with E-state index in [1.165, 1.54) is 0 Å². The van der Waals surface area contributed by atoms with Gasteiger partial charge in [0.25, 0.3) is 0 Å². The summed E-state index contributed by atoms with van der Waals surface area (Å²) < 4.78 is 0. The van der Waals surface area contributed by atoms with Crippen molar-refractivity contribution in [3.8, 4) is 5.75 Å². The summed E-state index contributed by atoms with van der Waals surface area (Å²) >= 11 is 6.20. The molecule has 1 aliphatic rings. The van der Waals surface area contributed by atoms with Crippen LogP contribution in [-0.4, -0.2) is 36.2 Å². The molecule has 6 heteroatoms. The second kappa shape index (κ2) is 9.84. The lowest BCUT2D eigenvalue weighted by molar-refractivity contribution is 0.151. The topological polar surface area (TPSA) is 35.5 Å². The third-order valence-electron chi connectivity index (χ3n) is 3.94. The van der Waals surface area contributed by atoms with Crippen molar-refractivity contribution in [1.29, 1.82) is 0 Å². The molecule has 0 aliphatic carbocycles. The summed E-state index contributed by atoms with van der Waals surface area (Å²) in [5.74, 6) is 0.979. The quantitative estimate of drug-likeness (QED) is 0.835. The Labute approximate surface area is 151 Å². The fourth-order valence-electron chi connectivity index (χ4n) is 2.93. The standard InChI is InChI=1S/C16H25ClN2O.2ClH/c1-11(2)8-15(19-6-4-18-5-7-19)14-10-13(17)9-12(3)16(14)20;;/h9-11,15,18,20H,4-8H2,1-3H3;2*1H/t15-;;/m1../s1. The van der Waals surface area contributed by atoms with Crippen molar-refractivity contribution in [2.24, 2.45) is 5.92 Å². The molecular formula is C16H27Cl3N2O. The molecule has 2 N–H and O–H groups in total. The Bertz CT molecular complexity index is 463. The van der Waals surface area contributed by atoms with Gasteiger partial charge in [0.15, 0.2) is 0 Å². The van der Waals surface area contributed by atoms with Crippen LogP contribution in [0.3, 0.4) is 0 Å². The molecule has 0 amide bonds. The van der Waals surface area contributed by atoms with Gasteiger partial charge in [0.2, 0.25) is 0 Å². The fraction of sp³-hybridized carbons (Fsp3) is 0.625. The minimum Gasteiger partial charge on any atom is -0.507 e. The minimum absolute atomic E-state index is 0. The molecule has 3 nitrogen and oxygen atoms in total. The third kappa shape index (κ3) is 5.47. The molecule has 1 aromatic carbocycles. The summed E-state index contributed by atoms with van der Waals surface area (Å²) in [6.07, 6.45) is 1.04. The van der Waals surface area contributed by atoms with E-state index in [0.717, 1.165) is 43.7 Å². The summed E-state index contributed by atoms with van der Waals surface area (Å²) in [6, 6.07) is 4.00. The van der Waals surface area contributed by atoms with Gasteiger partial charge in [-0.05, 0) is 37.0 Å². The maximum absolute atomic E-state index is 10.4. The molecule has 1 fully saturated rings. The number of phenolic OH excluding ortho intramolecular Hbond substituents is 1. The lowest BCUT2D eigenvalue weighted by Crippen LogP contribution is -2.45. The molecule has 0 aromatic heterocycles. The van der Waals surface area contributed by atoms with Gasteiger partial charge in [-0.2, -0.15) is 0 Å². The van der Waals surface area contributed by atoms with Crippen molar-refractivity contribution in [2.45, 2.75) is 33.2 Å². The Kier molecular flexibility index (Phi) is 9.75. The highest BCUT2D eigenvalue weighted by Crippen LogP contribution is 2.37. The number of rotatable bonds is 4. The van der Waals surface area contributed by atoms with E-state index in [4.69, 9.17) is 11.6 Å². The van der Waals surface area contributed by atoms with Gasteiger partial charge in [-0.15, -0.1) is 24.8 Å². The van der Waals surface area contributed by atoms with Gasteiger partial charge in [0, 0.05) is 42.8 Å². The van der Waals surface area contributed by atoms with Crippen LogP contribution in [0.4, 0.5) is 0 Å². The normalized spacial score (nSPS) is 16.8. The van der Waals surface area contributed by atoms with Gasteiger partial charge in [-0.3, -0.25) is 4.90 Å². The molecule has 0 radical (unpaired) electrons. The monoisotopic (exact) mass is 368 g/mol. The third-order valence-corrected chi connectivity index (χ3v) is 4.16. The van der Waals surface area contributed by atoms with Gasteiger partial charge < -0.3 is 10.4 Å². The van der Waals surface area contributed by atoms with E-state index >= 15 is 0 Å². The molecule has 1 heterocycles. The zero-order valence-electron chi connectivity index (χ0n) is 13.4. The average molecular weight is 370 g/mol. The first kappa shape index (κ1) is 21.8. The molecule has 0 bridgehead atoms. The number of hydrogen-bond acceptors (Lipinski definition) is 3. The van der Waals surface area contributed by atoms with Crippen molar-refractivity contribution < 1.29 is 5.11 Å². The van der Waals surface area contributed by atoms with Crippen LogP contribution in [0.5, 0.6) is 5.75 Å². The van der Waals surface area contributed by atoms with E-state index in [0.29, 0.717) is 16.7 Å². The zero-order valence-corrected chi connectivity index (χ0v) is 15.8. The summed E-state index contributed by atoms with van der Waals surface area (Å²) in [7, 11) is 0. The van der Waals surface area contributed by atoms with Gasteiger partial charge in [0.05, 0.1) is 0 Å². The number of nitrogens with one attached hydrogen (secondary N) is 1. The van der Waals surface area contributed by atoms with Crippen molar-refractivity contribution in [1.82, 2.24) is 10.2 Å². The number of hydrogen-bond donors (Lipinski definition) is 2. The summed E-state index contributed by atoms with van der Waals surface area (Å²) in [5, 5.41) is 14.5. The predicted molar refractivity (Wildman–Crippen MR) is 99.0 cm³/mol. The van der Waals surface area contributed by atoms with Crippen LogP contribution < -0.4 is 5.32 Å². The van der Waals surface area contributed by atoms with Crippen LogP contribution in [0.15, 0.2) is 12.1 Å². The first-order valence-corrected chi connectivity index (χ1v) is 7.80. The Morgan fingerprint density at radius 1 is 1.23 bits per heavy atom. The first-order chi connectivity index (χ1) is 9.49. The van der Waals surface area contributed by atoms with E-state index in [-0.39, 0.29) is 30.9 Å². The Morgan fingerprint density at radius 2 is 1.82 bits per heavy atom. The molecule has 1 aromatic rings. The SMILES string of the molecule is Cc1cc(Cl)cc([C@@H](CC(C)C)N2CCNCC2)c1O.Cl.Cl. The van der Waals surface area contributed by atoms with Crippen molar-refractivity contribution in [3.05, 3.63) is 28.3 Å². The second-order valence-electron chi connectivity index (χ2n) is 6.09. The maximum atomic E-state index is 10.4. The highest BCUT2D eigenvalue weighted by molar-refractivity contribution is 6.30. The summed E-state index contributed by atoms with van der Waals surface area (Å²) in [4.78, 5) is 2.46. The van der Waals surface area contributed by atoms with Gasteiger partial charge >= 0.3 is 0 Å². The number of halogens is 3. The minimum atomic E-state index is 0.